The molecule has 1 heterocycles. The van der Waals surface area contributed by atoms with Crippen LogP contribution in [0.25, 0.3) is 0 Å². The number of hydrogen-bond donors (Lipinski definition) is 1. The number of aliphatic hydroxyl groups is 1. The molecule has 1 saturated carbocycles. The smallest absolute Gasteiger partial charge is 0.123 e. The lowest BCUT2D eigenvalue weighted by Gasteiger charge is -2.16. The molecule has 0 saturated heterocycles. The van der Waals surface area contributed by atoms with Gasteiger partial charge in [-0.1, -0.05) is 12.1 Å². The molecule has 1 fully saturated rings. The van der Waals surface area contributed by atoms with Crippen LogP contribution in [0.3, 0.4) is 0 Å². The molecule has 3 rings (SSSR count). The van der Waals surface area contributed by atoms with Crippen LogP contribution in [0.2, 0.25) is 0 Å². The van der Waals surface area contributed by atoms with Crippen LogP contribution in [0.15, 0.2) is 36.5 Å². The van der Waals surface area contributed by atoms with Crippen molar-refractivity contribution in [3.8, 4) is 0 Å². The van der Waals surface area contributed by atoms with Gasteiger partial charge in [0.25, 0.3) is 0 Å². The first-order valence-electron chi connectivity index (χ1n) is 6.19. The first-order chi connectivity index (χ1) is 8.79. The van der Waals surface area contributed by atoms with Gasteiger partial charge in [-0.2, -0.15) is 5.10 Å². The second-order valence-corrected chi connectivity index (χ2v) is 4.72. The van der Waals surface area contributed by atoms with Crippen molar-refractivity contribution in [2.45, 2.75) is 24.8 Å². The van der Waals surface area contributed by atoms with E-state index in [2.05, 4.69) is 5.10 Å². The van der Waals surface area contributed by atoms with Gasteiger partial charge in [0.2, 0.25) is 0 Å². The Bertz CT molecular complexity index is 548. The second-order valence-electron chi connectivity index (χ2n) is 4.72. The van der Waals surface area contributed by atoms with Gasteiger partial charge in [0.15, 0.2) is 0 Å². The molecule has 3 nitrogen and oxygen atoms in total. The summed E-state index contributed by atoms with van der Waals surface area (Å²) in [5.41, 5.74) is 1.76. The van der Waals surface area contributed by atoms with Crippen LogP contribution in [0.1, 0.15) is 36.1 Å². The predicted octanol–water partition coefficient (Wildman–Crippen LogP) is 2.48. The zero-order chi connectivity index (χ0) is 12.5. The van der Waals surface area contributed by atoms with Crippen LogP contribution in [0.5, 0.6) is 0 Å². The third-order valence-corrected chi connectivity index (χ3v) is 3.38. The fourth-order valence-corrected chi connectivity index (χ4v) is 2.32. The Morgan fingerprint density at radius 1 is 1.39 bits per heavy atom. The molecule has 0 bridgehead atoms. The molecule has 1 aliphatic carbocycles. The van der Waals surface area contributed by atoms with E-state index in [9.17, 15) is 9.50 Å². The van der Waals surface area contributed by atoms with Crippen molar-refractivity contribution < 1.29 is 9.50 Å². The molecule has 2 aromatic rings. The fourth-order valence-electron chi connectivity index (χ4n) is 2.32. The van der Waals surface area contributed by atoms with Gasteiger partial charge in [-0.05, 0) is 36.6 Å². The third-order valence-electron chi connectivity index (χ3n) is 3.38. The van der Waals surface area contributed by atoms with Crippen LogP contribution in [-0.4, -0.2) is 21.5 Å². The topological polar surface area (TPSA) is 38.1 Å². The molecule has 1 atom stereocenters. The Balaban J connectivity index is 1.98. The minimum Gasteiger partial charge on any atom is -0.395 e. The largest absolute Gasteiger partial charge is 0.395 e. The highest BCUT2D eigenvalue weighted by molar-refractivity contribution is 5.29. The van der Waals surface area contributed by atoms with Gasteiger partial charge in [0, 0.05) is 17.8 Å². The Labute approximate surface area is 105 Å². The van der Waals surface area contributed by atoms with Crippen molar-refractivity contribution in [2.75, 3.05) is 6.61 Å². The van der Waals surface area contributed by atoms with Gasteiger partial charge in [-0.3, -0.25) is 4.68 Å². The molecule has 0 spiro atoms. The van der Waals surface area contributed by atoms with E-state index in [0.717, 1.165) is 24.1 Å². The predicted molar refractivity (Wildman–Crippen MR) is 65.8 cm³/mol. The summed E-state index contributed by atoms with van der Waals surface area (Å²) in [6.45, 7) is -0.0398. The molecule has 1 aromatic carbocycles. The average Bonchev–Trinajstić information content (AvgIpc) is 3.10. The fraction of sp³-hybridized carbons (Fsp3) is 0.357. The van der Waals surface area contributed by atoms with E-state index in [0.29, 0.717) is 6.04 Å². The molecular formula is C14H15FN2O. The molecule has 1 N–H and O–H groups in total. The SMILES string of the molecule is OCC(c1cccc(F)c1)c1ccnn1C1CC1. The monoisotopic (exact) mass is 246 g/mol. The summed E-state index contributed by atoms with van der Waals surface area (Å²) in [5, 5.41) is 13.9. The van der Waals surface area contributed by atoms with E-state index >= 15 is 0 Å². The lowest BCUT2D eigenvalue weighted by Crippen LogP contribution is -2.13. The van der Waals surface area contributed by atoms with Crippen molar-refractivity contribution in [3.63, 3.8) is 0 Å². The highest BCUT2D eigenvalue weighted by atomic mass is 19.1. The van der Waals surface area contributed by atoms with E-state index in [4.69, 9.17) is 0 Å². The summed E-state index contributed by atoms with van der Waals surface area (Å²) in [7, 11) is 0. The van der Waals surface area contributed by atoms with Gasteiger partial charge in [-0.15, -0.1) is 0 Å². The van der Waals surface area contributed by atoms with Crippen molar-refractivity contribution >= 4 is 0 Å². The molecule has 0 amide bonds. The van der Waals surface area contributed by atoms with Gasteiger partial charge >= 0.3 is 0 Å². The molecule has 0 aliphatic heterocycles. The molecule has 94 valence electrons. The summed E-state index contributed by atoms with van der Waals surface area (Å²) in [6, 6.07) is 8.77. The Kier molecular flexibility index (Phi) is 2.88. The molecule has 0 radical (unpaired) electrons. The number of hydrogen-bond acceptors (Lipinski definition) is 2. The Morgan fingerprint density at radius 3 is 2.89 bits per heavy atom. The maximum absolute atomic E-state index is 13.3. The van der Waals surface area contributed by atoms with Crippen molar-refractivity contribution in [2.24, 2.45) is 0 Å². The number of nitrogens with zero attached hydrogens (tertiary/aromatic N) is 2. The normalized spacial score (nSPS) is 16.8. The van der Waals surface area contributed by atoms with Crippen LogP contribution in [-0.2, 0) is 0 Å². The van der Waals surface area contributed by atoms with E-state index in [1.807, 2.05) is 16.8 Å². The zero-order valence-corrected chi connectivity index (χ0v) is 9.96. The van der Waals surface area contributed by atoms with Crippen molar-refractivity contribution in [1.29, 1.82) is 0 Å². The minimum absolute atomic E-state index is 0.0398. The van der Waals surface area contributed by atoms with Gasteiger partial charge in [-0.25, -0.2) is 4.39 Å². The van der Waals surface area contributed by atoms with Crippen molar-refractivity contribution in [1.82, 2.24) is 9.78 Å². The number of aromatic nitrogens is 2. The summed E-state index contributed by atoms with van der Waals surface area (Å²) in [5.74, 6) is -0.479. The molecule has 18 heavy (non-hydrogen) atoms. The Morgan fingerprint density at radius 2 is 2.22 bits per heavy atom. The maximum atomic E-state index is 13.3. The Hall–Kier alpha value is -1.68. The van der Waals surface area contributed by atoms with Crippen LogP contribution in [0.4, 0.5) is 4.39 Å². The summed E-state index contributed by atoms with van der Waals surface area (Å²) < 4.78 is 15.2. The summed E-state index contributed by atoms with van der Waals surface area (Å²) >= 11 is 0. The van der Waals surface area contributed by atoms with Crippen LogP contribution in [0, 0.1) is 5.82 Å². The molecular weight excluding hydrogens is 231 g/mol. The van der Waals surface area contributed by atoms with Crippen molar-refractivity contribution in [3.05, 3.63) is 53.6 Å². The molecule has 1 aliphatic rings. The van der Waals surface area contributed by atoms with Gasteiger partial charge in [0.05, 0.1) is 12.6 Å². The van der Waals surface area contributed by atoms with Gasteiger partial charge in [0.1, 0.15) is 5.82 Å². The standard InChI is InChI=1S/C14H15FN2O/c15-11-3-1-2-10(8-11)13(9-18)14-6-7-16-17(14)12-4-5-12/h1-3,6-8,12-13,18H,4-5,9H2. The van der Waals surface area contributed by atoms with E-state index in [1.54, 1.807) is 12.3 Å². The van der Waals surface area contributed by atoms with E-state index in [-0.39, 0.29) is 18.3 Å². The quantitative estimate of drug-likeness (QED) is 0.900. The first kappa shape index (κ1) is 11.4. The number of aliphatic hydroxyl groups excluding tert-OH is 1. The van der Waals surface area contributed by atoms with E-state index < -0.39 is 0 Å². The average molecular weight is 246 g/mol. The molecule has 1 aromatic heterocycles. The summed E-state index contributed by atoms with van der Waals surface area (Å²) in [4.78, 5) is 0. The minimum atomic E-state index is -0.275. The highest BCUT2D eigenvalue weighted by Crippen LogP contribution is 2.37. The lowest BCUT2D eigenvalue weighted by molar-refractivity contribution is 0.275. The number of halogens is 1. The molecule has 4 heteroatoms. The van der Waals surface area contributed by atoms with E-state index in [1.165, 1.54) is 12.1 Å². The number of benzene rings is 1. The van der Waals surface area contributed by atoms with Crippen LogP contribution >= 0.6 is 0 Å². The number of rotatable bonds is 4. The lowest BCUT2D eigenvalue weighted by atomic mass is 9.96. The maximum Gasteiger partial charge on any atom is 0.123 e. The van der Waals surface area contributed by atoms with Crippen LogP contribution < -0.4 is 0 Å². The summed E-state index contributed by atoms with van der Waals surface area (Å²) in [6.07, 6.45) is 4.02. The zero-order valence-electron chi connectivity index (χ0n) is 9.96. The second kappa shape index (κ2) is 4.53. The molecule has 1 unspecified atom stereocenters. The van der Waals surface area contributed by atoms with Gasteiger partial charge < -0.3 is 5.11 Å². The highest BCUT2D eigenvalue weighted by Gasteiger charge is 2.29. The first-order valence-corrected chi connectivity index (χ1v) is 6.19. The third kappa shape index (κ3) is 2.04.